The van der Waals surface area contributed by atoms with Crippen molar-refractivity contribution in [2.24, 2.45) is 0 Å². The van der Waals surface area contributed by atoms with E-state index in [-0.39, 0.29) is 12.6 Å². The van der Waals surface area contributed by atoms with E-state index in [0.29, 0.717) is 6.54 Å². The van der Waals surface area contributed by atoms with Crippen LogP contribution >= 0.6 is 15.9 Å². The van der Waals surface area contributed by atoms with Crippen molar-refractivity contribution in [1.29, 1.82) is 0 Å². The molecule has 3 rings (SSSR count). The summed E-state index contributed by atoms with van der Waals surface area (Å²) < 4.78 is 7.80. The Labute approximate surface area is 147 Å². The maximum Gasteiger partial charge on any atom is 0.414 e. The maximum absolute atomic E-state index is 11.8. The van der Waals surface area contributed by atoms with Crippen molar-refractivity contribution in [2.45, 2.75) is 13.2 Å². The van der Waals surface area contributed by atoms with Gasteiger partial charge in [0.1, 0.15) is 12.9 Å². The summed E-state index contributed by atoms with van der Waals surface area (Å²) in [5, 5.41) is 6.72. The molecule has 0 fully saturated rings. The van der Waals surface area contributed by atoms with Crippen molar-refractivity contribution in [2.75, 3.05) is 5.32 Å². The smallest absolute Gasteiger partial charge is 0.414 e. The first-order valence-corrected chi connectivity index (χ1v) is 8.10. The number of hydrogen-bond acceptors (Lipinski definition) is 4. The molecule has 0 aliphatic rings. The third-order valence-electron chi connectivity index (χ3n) is 3.22. The quantitative estimate of drug-likeness (QED) is 0.723. The molecule has 0 saturated heterocycles. The number of halogens is 1. The summed E-state index contributed by atoms with van der Waals surface area (Å²) in [7, 11) is 0. The van der Waals surface area contributed by atoms with Crippen LogP contribution < -0.4 is 5.32 Å². The maximum atomic E-state index is 11.8. The zero-order chi connectivity index (χ0) is 16.8. The minimum Gasteiger partial charge on any atom is -0.444 e. The van der Waals surface area contributed by atoms with E-state index < -0.39 is 6.09 Å². The minimum atomic E-state index is -0.583. The number of carbonyl (C=O) groups excluding carboxylic acids is 1. The van der Waals surface area contributed by atoms with Gasteiger partial charge in [0.2, 0.25) is 0 Å². The van der Waals surface area contributed by atoms with Crippen LogP contribution in [0.25, 0.3) is 0 Å². The first-order chi connectivity index (χ1) is 11.7. The van der Waals surface area contributed by atoms with Crippen LogP contribution in [0, 0.1) is 0 Å². The van der Waals surface area contributed by atoms with Crippen molar-refractivity contribution < 1.29 is 9.53 Å². The van der Waals surface area contributed by atoms with Gasteiger partial charge in [-0.1, -0.05) is 58.4 Å². The van der Waals surface area contributed by atoms with E-state index in [4.69, 9.17) is 4.74 Å². The molecule has 0 aliphatic heterocycles. The second-order valence-electron chi connectivity index (χ2n) is 5.08. The van der Waals surface area contributed by atoms with Crippen LogP contribution in [-0.2, 0) is 17.9 Å². The molecule has 1 N–H and O–H groups in total. The van der Waals surface area contributed by atoms with E-state index in [0.717, 1.165) is 15.6 Å². The lowest BCUT2D eigenvalue weighted by molar-refractivity contribution is 0.155. The van der Waals surface area contributed by atoms with E-state index in [1.807, 2.05) is 54.6 Å². The summed E-state index contributed by atoms with van der Waals surface area (Å²) in [6.45, 7) is 0.771. The van der Waals surface area contributed by atoms with Crippen molar-refractivity contribution in [3.8, 4) is 0 Å². The average Bonchev–Trinajstić information content (AvgIpc) is 3.03. The molecule has 0 saturated carbocycles. The standard InChI is InChI=1S/C17H15BrN4O2/c18-15-8-6-13(7-9-15)10-22-12-19-16(21-22)20-17(23)24-11-14-4-2-1-3-5-14/h1-9,12H,10-11H2,(H,20,21,23). The number of ether oxygens (including phenoxy) is 1. The van der Waals surface area contributed by atoms with E-state index in [2.05, 4.69) is 31.3 Å². The number of hydrogen-bond donors (Lipinski definition) is 1. The van der Waals surface area contributed by atoms with Crippen LogP contribution in [0.2, 0.25) is 0 Å². The van der Waals surface area contributed by atoms with Crippen LogP contribution in [0.15, 0.2) is 65.4 Å². The summed E-state index contributed by atoms with van der Waals surface area (Å²) in [6, 6.07) is 17.4. The number of nitrogens with one attached hydrogen (secondary N) is 1. The highest BCUT2D eigenvalue weighted by Crippen LogP contribution is 2.11. The number of benzene rings is 2. The third kappa shape index (κ3) is 4.66. The number of amides is 1. The molecule has 1 aromatic heterocycles. The van der Waals surface area contributed by atoms with Crippen LogP contribution in [-0.4, -0.2) is 20.9 Å². The van der Waals surface area contributed by atoms with Gasteiger partial charge in [-0.15, -0.1) is 5.10 Å². The molecule has 1 amide bonds. The van der Waals surface area contributed by atoms with Gasteiger partial charge in [-0.2, -0.15) is 0 Å². The first-order valence-electron chi connectivity index (χ1n) is 7.30. The van der Waals surface area contributed by atoms with Gasteiger partial charge in [0, 0.05) is 4.47 Å². The molecule has 0 spiro atoms. The van der Waals surface area contributed by atoms with Gasteiger partial charge >= 0.3 is 6.09 Å². The zero-order valence-electron chi connectivity index (χ0n) is 12.7. The third-order valence-corrected chi connectivity index (χ3v) is 3.75. The number of anilines is 1. The summed E-state index contributed by atoms with van der Waals surface area (Å²) >= 11 is 3.40. The summed E-state index contributed by atoms with van der Waals surface area (Å²) in [5.74, 6) is 0.213. The Morgan fingerprint density at radius 1 is 1.08 bits per heavy atom. The van der Waals surface area contributed by atoms with Crippen molar-refractivity contribution in [1.82, 2.24) is 14.8 Å². The fourth-order valence-corrected chi connectivity index (χ4v) is 2.32. The Balaban J connectivity index is 1.51. The predicted octanol–water partition coefficient (Wildman–Crippen LogP) is 3.84. The zero-order valence-corrected chi connectivity index (χ0v) is 14.3. The molecule has 1 heterocycles. The van der Waals surface area contributed by atoms with Crippen molar-refractivity contribution >= 4 is 28.0 Å². The molecule has 0 radical (unpaired) electrons. The van der Waals surface area contributed by atoms with E-state index >= 15 is 0 Å². The van der Waals surface area contributed by atoms with E-state index in [1.165, 1.54) is 0 Å². The van der Waals surface area contributed by atoms with Gasteiger partial charge in [-0.25, -0.2) is 14.5 Å². The normalized spacial score (nSPS) is 10.4. The minimum absolute atomic E-state index is 0.201. The molecule has 0 aliphatic carbocycles. The molecule has 7 heteroatoms. The van der Waals surface area contributed by atoms with Crippen LogP contribution in [0.3, 0.4) is 0 Å². The highest BCUT2D eigenvalue weighted by molar-refractivity contribution is 9.10. The highest BCUT2D eigenvalue weighted by Gasteiger charge is 2.08. The lowest BCUT2D eigenvalue weighted by Gasteiger charge is -2.04. The molecule has 24 heavy (non-hydrogen) atoms. The van der Waals surface area contributed by atoms with Crippen molar-refractivity contribution in [3.63, 3.8) is 0 Å². The molecule has 2 aromatic carbocycles. The highest BCUT2D eigenvalue weighted by atomic mass is 79.9. The number of rotatable bonds is 5. The molecule has 6 nitrogen and oxygen atoms in total. The Morgan fingerprint density at radius 2 is 1.83 bits per heavy atom. The van der Waals surface area contributed by atoms with Crippen LogP contribution in [0.4, 0.5) is 10.7 Å². The molecule has 122 valence electrons. The fraction of sp³-hybridized carbons (Fsp3) is 0.118. The fourth-order valence-electron chi connectivity index (χ4n) is 2.06. The Kier molecular flexibility index (Phi) is 5.22. The molecular formula is C17H15BrN4O2. The second-order valence-corrected chi connectivity index (χ2v) is 5.99. The molecule has 0 bridgehead atoms. The van der Waals surface area contributed by atoms with E-state index in [1.54, 1.807) is 11.0 Å². The molecule has 0 unspecified atom stereocenters. The van der Waals surface area contributed by atoms with Crippen molar-refractivity contribution in [3.05, 3.63) is 76.5 Å². The summed E-state index contributed by atoms with van der Waals surface area (Å²) in [4.78, 5) is 15.8. The number of nitrogens with zero attached hydrogens (tertiary/aromatic N) is 3. The van der Waals surface area contributed by atoms with Gasteiger partial charge in [0.05, 0.1) is 6.54 Å². The monoisotopic (exact) mass is 386 g/mol. The SMILES string of the molecule is O=C(Nc1ncn(Cc2ccc(Br)cc2)n1)OCc1ccccc1. The van der Waals surface area contributed by atoms with Gasteiger partial charge in [-0.3, -0.25) is 5.32 Å². The van der Waals surface area contributed by atoms with E-state index in [9.17, 15) is 4.79 Å². The second kappa shape index (κ2) is 7.74. The largest absolute Gasteiger partial charge is 0.444 e. The summed E-state index contributed by atoms with van der Waals surface area (Å²) in [6.07, 6.45) is 0.981. The molecular weight excluding hydrogens is 372 g/mol. The lowest BCUT2D eigenvalue weighted by Crippen LogP contribution is -2.15. The van der Waals surface area contributed by atoms with Gasteiger partial charge in [0.15, 0.2) is 0 Å². The Hall–Kier alpha value is -2.67. The Bertz CT molecular complexity index is 803. The number of carbonyl (C=O) groups is 1. The van der Waals surface area contributed by atoms with Gasteiger partial charge in [0.25, 0.3) is 5.95 Å². The topological polar surface area (TPSA) is 69.0 Å². The van der Waals surface area contributed by atoms with Gasteiger partial charge < -0.3 is 4.74 Å². The predicted molar refractivity (Wildman–Crippen MR) is 93.5 cm³/mol. The first kappa shape index (κ1) is 16.2. The Morgan fingerprint density at radius 3 is 2.58 bits per heavy atom. The van der Waals surface area contributed by atoms with Crippen LogP contribution in [0.1, 0.15) is 11.1 Å². The number of aromatic nitrogens is 3. The van der Waals surface area contributed by atoms with Crippen LogP contribution in [0.5, 0.6) is 0 Å². The summed E-state index contributed by atoms with van der Waals surface area (Å²) in [5.41, 5.74) is 2.00. The average molecular weight is 387 g/mol. The lowest BCUT2D eigenvalue weighted by atomic mass is 10.2. The molecule has 3 aromatic rings. The molecule has 0 atom stereocenters. The van der Waals surface area contributed by atoms with Gasteiger partial charge in [-0.05, 0) is 23.3 Å².